The lowest BCUT2D eigenvalue weighted by Crippen LogP contribution is -2.39. The van der Waals surface area contributed by atoms with Crippen molar-refractivity contribution in [2.75, 3.05) is 6.54 Å². The van der Waals surface area contributed by atoms with Gasteiger partial charge in [-0.15, -0.1) is 12.4 Å². The highest BCUT2D eigenvalue weighted by atomic mass is 35.5. The molecular formula is C21H22ClF4NO3S. The van der Waals surface area contributed by atoms with Gasteiger partial charge in [-0.2, -0.15) is 13.2 Å². The smallest absolute Gasteiger partial charge is 0.376 e. The number of halogens is 5. The monoisotopic (exact) mass is 479 g/mol. The molecule has 4 rings (SSSR count). The van der Waals surface area contributed by atoms with Crippen molar-refractivity contribution in [3.63, 3.8) is 0 Å². The van der Waals surface area contributed by atoms with Gasteiger partial charge < -0.3 is 10.8 Å². The Labute approximate surface area is 183 Å². The maximum Gasteiger partial charge on any atom is 0.421 e. The molecule has 4 atom stereocenters. The van der Waals surface area contributed by atoms with Crippen LogP contribution in [0, 0.1) is 17.7 Å². The molecule has 2 aliphatic carbocycles. The Hall–Kier alpha value is -1.68. The van der Waals surface area contributed by atoms with Gasteiger partial charge in [-0.1, -0.05) is 18.2 Å². The van der Waals surface area contributed by atoms with Gasteiger partial charge in [-0.05, 0) is 73.2 Å². The number of alkyl halides is 3. The fourth-order valence-corrected chi connectivity index (χ4v) is 7.62. The summed E-state index contributed by atoms with van der Waals surface area (Å²) in [6.07, 6.45) is -4.04. The summed E-state index contributed by atoms with van der Waals surface area (Å²) in [6.45, 7) is 0.776. The molecule has 4 unspecified atom stereocenters. The summed E-state index contributed by atoms with van der Waals surface area (Å²) in [5.41, 5.74) is 3.35. The molecular weight excluding hydrogens is 458 g/mol. The van der Waals surface area contributed by atoms with Gasteiger partial charge in [0.05, 0.1) is 4.90 Å². The Morgan fingerprint density at radius 3 is 2.32 bits per heavy atom. The number of aliphatic hydroxyl groups is 1. The first-order valence-corrected chi connectivity index (χ1v) is 11.0. The van der Waals surface area contributed by atoms with Crippen LogP contribution < -0.4 is 5.73 Å². The second-order valence-corrected chi connectivity index (χ2v) is 10.3. The average molecular weight is 480 g/mol. The van der Waals surface area contributed by atoms with E-state index in [4.69, 9.17) is 5.73 Å². The lowest BCUT2D eigenvalue weighted by atomic mass is 9.86. The largest absolute Gasteiger partial charge is 0.421 e. The number of hydrogen-bond acceptors (Lipinski definition) is 4. The van der Waals surface area contributed by atoms with Crippen LogP contribution in [0.4, 0.5) is 17.6 Å². The van der Waals surface area contributed by atoms with E-state index in [0.29, 0.717) is 30.9 Å². The van der Waals surface area contributed by atoms with Crippen molar-refractivity contribution < 1.29 is 31.1 Å². The molecule has 0 aliphatic heterocycles. The Balaban J connectivity index is 0.00000272. The van der Waals surface area contributed by atoms with Crippen LogP contribution in [0.3, 0.4) is 0 Å². The molecule has 31 heavy (non-hydrogen) atoms. The molecule has 0 radical (unpaired) electrons. The molecule has 2 aromatic rings. The molecule has 0 aromatic heterocycles. The van der Waals surface area contributed by atoms with Gasteiger partial charge >= 0.3 is 6.18 Å². The maximum atomic E-state index is 13.6. The fraction of sp³-hybridized carbons (Fsp3) is 0.429. The van der Waals surface area contributed by atoms with Crippen LogP contribution in [0.5, 0.6) is 0 Å². The van der Waals surface area contributed by atoms with Gasteiger partial charge in [-0.25, -0.2) is 12.8 Å². The summed E-state index contributed by atoms with van der Waals surface area (Å²) in [7, 11) is -3.99. The molecule has 170 valence electrons. The predicted molar refractivity (Wildman–Crippen MR) is 109 cm³/mol. The van der Waals surface area contributed by atoms with Crippen LogP contribution in [0.25, 0.3) is 0 Å². The highest BCUT2D eigenvalue weighted by Gasteiger charge is 2.73. The second-order valence-electron chi connectivity index (χ2n) is 8.18. The van der Waals surface area contributed by atoms with E-state index in [0.717, 1.165) is 18.2 Å². The predicted octanol–water partition coefficient (Wildman–Crippen LogP) is 3.84. The number of sulfone groups is 1. The van der Waals surface area contributed by atoms with Crippen molar-refractivity contribution >= 4 is 22.2 Å². The Morgan fingerprint density at radius 2 is 1.77 bits per heavy atom. The second kappa shape index (κ2) is 7.43. The normalized spacial score (nSPS) is 26.8. The summed E-state index contributed by atoms with van der Waals surface area (Å²) in [4.78, 5) is -0.0518. The zero-order valence-corrected chi connectivity index (χ0v) is 18.1. The minimum atomic E-state index is -4.88. The zero-order chi connectivity index (χ0) is 22.1. The number of rotatable bonds is 4. The van der Waals surface area contributed by atoms with E-state index >= 15 is 0 Å². The molecule has 2 aromatic carbocycles. The average Bonchev–Trinajstić information content (AvgIpc) is 3.37. The summed E-state index contributed by atoms with van der Waals surface area (Å²) in [5.74, 6) is -1.22. The summed E-state index contributed by atoms with van der Waals surface area (Å²) in [5, 5.41) is 10.0. The van der Waals surface area contributed by atoms with Crippen molar-refractivity contribution in [3.05, 3.63) is 65.0 Å². The third-order valence-corrected chi connectivity index (χ3v) is 9.27. The number of aryl methyl sites for hydroxylation is 1. The highest BCUT2D eigenvalue weighted by Crippen LogP contribution is 2.69. The third-order valence-electron chi connectivity index (χ3n) is 6.67. The summed E-state index contributed by atoms with van der Waals surface area (Å²) in [6, 6.07) is 8.25. The standard InChI is InChI=1S/C21H21F4NO3S.ClH/c1-19(27,21(23,24)25)13-3-9-16-12(10-13)2-8-17-18(11-26)20(16,17)30(28,29)15-6-4-14(22)5-7-15;/h3-7,9-10,17-18,27H,2,8,11,26H2,1H3;1H. The molecule has 1 fully saturated rings. The van der Waals surface area contributed by atoms with E-state index < -0.39 is 32.2 Å². The van der Waals surface area contributed by atoms with Gasteiger partial charge in [0.1, 0.15) is 10.6 Å². The highest BCUT2D eigenvalue weighted by molar-refractivity contribution is 7.92. The van der Waals surface area contributed by atoms with Crippen LogP contribution in [0.1, 0.15) is 30.0 Å². The molecule has 4 nitrogen and oxygen atoms in total. The van der Waals surface area contributed by atoms with Crippen LogP contribution in [-0.4, -0.2) is 26.2 Å². The van der Waals surface area contributed by atoms with Gasteiger partial charge in [0.15, 0.2) is 15.4 Å². The number of fused-ring (bicyclic) bond motifs is 3. The van der Waals surface area contributed by atoms with E-state index in [1.807, 2.05) is 0 Å². The summed E-state index contributed by atoms with van der Waals surface area (Å²) >= 11 is 0. The molecule has 0 amide bonds. The van der Waals surface area contributed by atoms with Crippen LogP contribution in [-0.2, 0) is 26.6 Å². The molecule has 0 saturated heterocycles. The molecule has 3 N–H and O–H groups in total. The Bertz CT molecular complexity index is 1100. The first-order valence-electron chi connectivity index (χ1n) is 9.52. The number of hydrogen-bond donors (Lipinski definition) is 2. The Kier molecular flexibility index (Phi) is 5.75. The number of benzene rings is 2. The van der Waals surface area contributed by atoms with Gasteiger partial charge in [-0.3, -0.25) is 0 Å². The first kappa shape index (κ1) is 24.0. The fourth-order valence-electron chi connectivity index (χ4n) is 4.97. The van der Waals surface area contributed by atoms with Crippen LogP contribution >= 0.6 is 12.4 Å². The van der Waals surface area contributed by atoms with E-state index in [-0.39, 0.29) is 41.2 Å². The van der Waals surface area contributed by atoms with Crippen molar-refractivity contribution in [2.24, 2.45) is 17.6 Å². The quantitative estimate of drug-likeness (QED) is 0.516. The maximum absolute atomic E-state index is 13.6. The lowest BCUT2D eigenvalue weighted by Gasteiger charge is -2.31. The molecule has 0 spiro atoms. The van der Waals surface area contributed by atoms with Crippen molar-refractivity contribution in [1.82, 2.24) is 0 Å². The zero-order valence-electron chi connectivity index (χ0n) is 16.5. The minimum Gasteiger partial charge on any atom is -0.376 e. The lowest BCUT2D eigenvalue weighted by molar-refractivity contribution is -0.258. The van der Waals surface area contributed by atoms with Crippen molar-refractivity contribution in [2.45, 2.75) is 41.2 Å². The topological polar surface area (TPSA) is 80.4 Å². The van der Waals surface area contributed by atoms with E-state index in [1.54, 1.807) is 0 Å². The van der Waals surface area contributed by atoms with Crippen LogP contribution in [0.15, 0.2) is 47.4 Å². The van der Waals surface area contributed by atoms with Crippen molar-refractivity contribution in [1.29, 1.82) is 0 Å². The van der Waals surface area contributed by atoms with Gasteiger partial charge in [0.2, 0.25) is 0 Å². The van der Waals surface area contributed by atoms with E-state index in [9.17, 15) is 31.1 Å². The Morgan fingerprint density at radius 1 is 1.16 bits per heavy atom. The minimum absolute atomic E-state index is 0. The SMILES string of the molecule is CC(O)(c1ccc2c(c1)CCC1C(CN)C21S(=O)(=O)c1ccc(F)cc1)C(F)(F)F.Cl. The molecule has 0 heterocycles. The van der Waals surface area contributed by atoms with Crippen molar-refractivity contribution in [3.8, 4) is 0 Å². The van der Waals surface area contributed by atoms with E-state index in [1.165, 1.54) is 24.3 Å². The molecule has 2 aliphatic rings. The van der Waals surface area contributed by atoms with E-state index in [2.05, 4.69) is 0 Å². The van der Waals surface area contributed by atoms with Crippen LogP contribution in [0.2, 0.25) is 0 Å². The third kappa shape index (κ3) is 3.20. The molecule has 1 saturated carbocycles. The molecule has 0 bridgehead atoms. The van der Waals surface area contributed by atoms with Gasteiger partial charge in [0.25, 0.3) is 0 Å². The summed E-state index contributed by atoms with van der Waals surface area (Å²) < 4.78 is 79.1. The molecule has 10 heteroatoms. The first-order chi connectivity index (χ1) is 13.9. The number of nitrogens with two attached hydrogens (primary N) is 1. The van der Waals surface area contributed by atoms with Gasteiger partial charge in [0, 0.05) is 5.92 Å².